The molecule has 0 unspecified atom stereocenters. The Bertz CT molecular complexity index is 356. The van der Waals surface area contributed by atoms with Crippen LogP contribution >= 0.6 is 23.5 Å². The average Bonchev–Trinajstić information content (AvgIpc) is 2.87. The van der Waals surface area contributed by atoms with Gasteiger partial charge in [-0.3, -0.25) is 9.80 Å². The molecule has 4 heteroatoms. The molecule has 0 bridgehead atoms. The predicted octanol–water partition coefficient (Wildman–Crippen LogP) is 3.34. The predicted molar refractivity (Wildman–Crippen MR) is 82.7 cm³/mol. The van der Waals surface area contributed by atoms with Crippen molar-refractivity contribution in [2.24, 2.45) is 0 Å². The van der Waals surface area contributed by atoms with Crippen molar-refractivity contribution >= 4 is 23.5 Å². The fourth-order valence-corrected chi connectivity index (χ4v) is 5.32. The van der Waals surface area contributed by atoms with Crippen molar-refractivity contribution in [2.45, 2.75) is 39.8 Å². The highest BCUT2D eigenvalue weighted by Gasteiger charge is 2.34. The van der Waals surface area contributed by atoms with E-state index < -0.39 is 0 Å². The lowest BCUT2D eigenvalue weighted by molar-refractivity contribution is 0.284. The zero-order chi connectivity index (χ0) is 12.9. The summed E-state index contributed by atoms with van der Waals surface area (Å²) in [5.74, 6) is 0. The molecule has 0 atom stereocenters. The summed E-state index contributed by atoms with van der Waals surface area (Å²) in [7, 11) is 0. The van der Waals surface area contributed by atoms with E-state index in [1.165, 1.54) is 26.2 Å². The minimum atomic E-state index is 0.666. The van der Waals surface area contributed by atoms with Gasteiger partial charge < -0.3 is 0 Å². The van der Waals surface area contributed by atoms with Crippen molar-refractivity contribution < 1.29 is 0 Å². The Morgan fingerprint density at radius 2 is 0.944 bits per heavy atom. The monoisotopic (exact) mass is 282 g/mol. The first-order valence-corrected chi connectivity index (χ1v) is 8.45. The second-order valence-electron chi connectivity index (χ2n) is 5.89. The SMILES string of the molecule is CC(C)N1CC2=C(C1)SC1=C(CN(C(C)C)C1)S2. The van der Waals surface area contributed by atoms with E-state index in [1.54, 1.807) is 19.6 Å². The van der Waals surface area contributed by atoms with Crippen LogP contribution in [0.15, 0.2) is 19.6 Å². The maximum Gasteiger partial charge on any atom is 0.0312 e. The maximum atomic E-state index is 2.58. The van der Waals surface area contributed by atoms with Gasteiger partial charge in [0.25, 0.3) is 0 Å². The number of nitrogens with zero attached hydrogens (tertiary/aromatic N) is 2. The maximum absolute atomic E-state index is 2.58. The van der Waals surface area contributed by atoms with E-state index in [4.69, 9.17) is 0 Å². The Hall–Kier alpha value is 0.1000. The van der Waals surface area contributed by atoms with E-state index >= 15 is 0 Å². The highest BCUT2D eigenvalue weighted by atomic mass is 32.2. The van der Waals surface area contributed by atoms with Crippen LogP contribution in [0.4, 0.5) is 0 Å². The van der Waals surface area contributed by atoms with Crippen LogP contribution in [0.3, 0.4) is 0 Å². The van der Waals surface area contributed by atoms with Crippen LogP contribution < -0.4 is 0 Å². The number of rotatable bonds is 2. The second-order valence-corrected chi connectivity index (χ2v) is 8.27. The Morgan fingerprint density at radius 1 is 0.667 bits per heavy atom. The summed E-state index contributed by atoms with van der Waals surface area (Å²) in [4.78, 5) is 11.6. The molecule has 0 saturated carbocycles. The van der Waals surface area contributed by atoms with Crippen molar-refractivity contribution in [2.75, 3.05) is 26.2 Å². The molecular formula is C14H22N2S2. The molecule has 0 amide bonds. The first-order valence-electron chi connectivity index (χ1n) is 6.82. The highest BCUT2D eigenvalue weighted by Crippen LogP contribution is 2.50. The molecule has 0 saturated heterocycles. The second kappa shape index (κ2) is 4.89. The molecule has 3 heterocycles. The highest BCUT2D eigenvalue weighted by molar-refractivity contribution is 8.13. The number of thioether (sulfide) groups is 2. The Kier molecular flexibility index (Phi) is 3.56. The van der Waals surface area contributed by atoms with E-state index in [0.717, 1.165) is 0 Å². The van der Waals surface area contributed by atoms with Gasteiger partial charge in [0.05, 0.1) is 0 Å². The summed E-state index contributed by atoms with van der Waals surface area (Å²) in [5.41, 5.74) is 0. The Labute approximate surface area is 119 Å². The molecule has 3 rings (SSSR count). The lowest BCUT2D eigenvalue weighted by Gasteiger charge is -2.21. The third-order valence-corrected chi connectivity index (χ3v) is 6.71. The molecule has 0 aliphatic carbocycles. The molecule has 3 aliphatic heterocycles. The van der Waals surface area contributed by atoms with Gasteiger partial charge in [0, 0.05) is 57.9 Å². The summed E-state index contributed by atoms with van der Waals surface area (Å²) in [6, 6.07) is 1.33. The van der Waals surface area contributed by atoms with Crippen molar-refractivity contribution in [1.29, 1.82) is 0 Å². The van der Waals surface area contributed by atoms with Crippen LogP contribution in [-0.2, 0) is 0 Å². The summed E-state index contributed by atoms with van der Waals surface area (Å²) >= 11 is 4.14. The molecule has 0 radical (unpaired) electrons. The molecule has 100 valence electrons. The summed E-state index contributed by atoms with van der Waals surface area (Å²) in [5, 5.41) is 0. The zero-order valence-electron chi connectivity index (χ0n) is 11.7. The van der Waals surface area contributed by atoms with Crippen LogP contribution in [0.1, 0.15) is 27.7 Å². The molecule has 0 N–H and O–H groups in total. The summed E-state index contributed by atoms with van der Waals surface area (Å²) in [6.45, 7) is 13.9. The van der Waals surface area contributed by atoms with Crippen LogP contribution in [-0.4, -0.2) is 48.1 Å². The first kappa shape index (κ1) is 13.1. The quantitative estimate of drug-likeness (QED) is 0.766. The summed E-state index contributed by atoms with van der Waals surface area (Å²) < 4.78 is 0. The average molecular weight is 282 g/mol. The van der Waals surface area contributed by atoms with E-state index in [2.05, 4.69) is 61.0 Å². The molecule has 0 aromatic heterocycles. The number of hydrogen-bond donors (Lipinski definition) is 0. The fraction of sp³-hybridized carbons (Fsp3) is 0.714. The van der Waals surface area contributed by atoms with Gasteiger partial charge in [0.15, 0.2) is 0 Å². The normalized spacial score (nSPS) is 25.7. The molecular weight excluding hydrogens is 260 g/mol. The smallest absolute Gasteiger partial charge is 0.0312 e. The van der Waals surface area contributed by atoms with Gasteiger partial charge in [0.1, 0.15) is 0 Å². The van der Waals surface area contributed by atoms with Crippen LogP contribution in [0, 0.1) is 0 Å². The van der Waals surface area contributed by atoms with Gasteiger partial charge in [-0.2, -0.15) is 0 Å². The number of hydrogen-bond acceptors (Lipinski definition) is 4. The molecule has 2 nitrogen and oxygen atoms in total. The van der Waals surface area contributed by atoms with Crippen molar-refractivity contribution in [1.82, 2.24) is 9.80 Å². The van der Waals surface area contributed by atoms with E-state index in [1.807, 2.05) is 0 Å². The molecule has 0 aromatic rings. The van der Waals surface area contributed by atoms with E-state index in [-0.39, 0.29) is 0 Å². The van der Waals surface area contributed by atoms with Crippen molar-refractivity contribution in [3.8, 4) is 0 Å². The molecule has 0 aromatic carbocycles. The molecule has 3 aliphatic rings. The zero-order valence-corrected chi connectivity index (χ0v) is 13.3. The van der Waals surface area contributed by atoms with Gasteiger partial charge in [-0.1, -0.05) is 23.5 Å². The Balaban J connectivity index is 1.67. The van der Waals surface area contributed by atoms with Crippen molar-refractivity contribution in [3.63, 3.8) is 0 Å². The topological polar surface area (TPSA) is 6.48 Å². The fourth-order valence-electron chi connectivity index (χ4n) is 2.59. The van der Waals surface area contributed by atoms with Gasteiger partial charge >= 0.3 is 0 Å². The van der Waals surface area contributed by atoms with E-state index in [9.17, 15) is 0 Å². The minimum Gasteiger partial charge on any atom is -0.291 e. The van der Waals surface area contributed by atoms with Gasteiger partial charge in [-0.15, -0.1) is 0 Å². The third-order valence-electron chi connectivity index (χ3n) is 3.96. The van der Waals surface area contributed by atoms with Crippen LogP contribution in [0.5, 0.6) is 0 Å². The van der Waals surface area contributed by atoms with Gasteiger partial charge in [0.2, 0.25) is 0 Å². The van der Waals surface area contributed by atoms with Gasteiger partial charge in [-0.25, -0.2) is 0 Å². The molecule has 0 fully saturated rings. The lowest BCUT2D eigenvalue weighted by Crippen LogP contribution is -2.29. The first-order chi connectivity index (χ1) is 8.54. The van der Waals surface area contributed by atoms with Crippen LogP contribution in [0.25, 0.3) is 0 Å². The minimum absolute atomic E-state index is 0.666. The Morgan fingerprint density at radius 3 is 1.17 bits per heavy atom. The largest absolute Gasteiger partial charge is 0.291 e. The van der Waals surface area contributed by atoms with E-state index in [0.29, 0.717) is 12.1 Å². The van der Waals surface area contributed by atoms with Gasteiger partial charge in [-0.05, 0) is 27.7 Å². The molecule has 18 heavy (non-hydrogen) atoms. The van der Waals surface area contributed by atoms with Crippen molar-refractivity contribution in [3.05, 3.63) is 19.6 Å². The molecule has 0 spiro atoms. The lowest BCUT2D eigenvalue weighted by atomic mass is 10.3. The summed E-state index contributed by atoms with van der Waals surface area (Å²) in [6.07, 6.45) is 0. The third kappa shape index (κ3) is 2.28. The standard InChI is InChI=1S/C14H22N2S2/c1-9(2)15-5-11-12(6-15)18-14-8-16(10(3)4)7-13(14)17-11/h9-10H,5-8H2,1-4H3. The van der Waals surface area contributed by atoms with Crippen LogP contribution in [0.2, 0.25) is 0 Å².